The maximum atomic E-state index is 3.97. The summed E-state index contributed by atoms with van der Waals surface area (Å²) < 4.78 is 0. The first-order valence-corrected chi connectivity index (χ1v) is 9.05. The lowest BCUT2D eigenvalue weighted by Gasteiger charge is -2.23. The van der Waals surface area contributed by atoms with Gasteiger partial charge in [-0.25, -0.2) is 0 Å². The molecule has 2 heterocycles. The van der Waals surface area contributed by atoms with Crippen molar-refractivity contribution in [1.29, 1.82) is 0 Å². The molecule has 2 aliphatic heterocycles. The Bertz CT molecular complexity index is 804. The Morgan fingerprint density at radius 2 is 1.32 bits per heavy atom. The second-order valence-electron chi connectivity index (χ2n) is 7.40. The molecule has 3 aliphatic rings. The number of nitrogens with one attached hydrogen (secondary N) is 1. The minimum atomic E-state index is -0.271. The van der Waals surface area contributed by atoms with E-state index in [1.807, 2.05) is 0 Å². The summed E-state index contributed by atoms with van der Waals surface area (Å²) in [6, 6.07) is 17.5. The Kier molecular flexibility index (Phi) is 3.48. The van der Waals surface area contributed by atoms with Crippen molar-refractivity contribution in [2.75, 3.05) is 13.1 Å². The van der Waals surface area contributed by atoms with Gasteiger partial charge in [-0.3, -0.25) is 0 Å². The van der Waals surface area contributed by atoms with Gasteiger partial charge in [0.2, 0.25) is 6.17 Å². The van der Waals surface area contributed by atoms with Crippen LogP contribution in [0.3, 0.4) is 0 Å². The summed E-state index contributed by atoms with van der Waals surface area (Å²) in [5.74, 6) is 0.768. The predicted molar refractivity (Wildman–Crippen MR) is 96.2 cm³/mol. The van der Waals surface area contributed by atoms with E-state index in [2.05, 4.69) is 74.5 Å². The molecule has 1 unspecified atom stereocenters. The summed E-state index contributed by atoms with van der Waals surface area (Å²) in [5, 5.41) is 18.6. The van der Waals surface area contributed by atoms with E-state index < -0.39 is 0 Å². The zero-order chi connectivity index (χ0) is 16.7. The lowest BCUT2D eigenvalue weighted by molar-refractivity contribution is 0.342. The van der Waals surface area contributed by atoms with Gasteiger partial charge < -0.3 is 5.32 Å². The Morgan fingerprint density at radius 1 is 0.760 bits per heavy atom. The smallest absolute Gasteiger partial charge is 0.210 e. The fourth-order valence-electron chi connectivity index (χ4n) is 4.35. The molecule has 5 nitrogen and oxygen atoms in total. The number of piperidine rings is 1. The SMILES string of the molecule is c1cc(C2N=NN=N2)ccc1-c1ccc(C2CC23CCNCC3)cc1. The fraction of sp³-hybridized carbons (Fsp3) is 0.400. The highest BCUT2D eigenvalue weighted by Crippen LogP contribution is 2.64. The molecule has 2 aromatic rings. The average Bonchev–Trinajstić information content (AvgIpc) is 3.10. The number of hydrogen-bond donors (Lipinski definition) is 1. The van der Waals surface area contributed by atoms with E-state index in [0.717, 1.165) is 11.5 Å². The van der Waals surface area contributed by atoms with Crippen LogP contribution in [0.15, 0.2) is 69.2 Å². The molecule has 5 heteroatoms. The highest BCUT2D eigenvalue weighted by Gasteiger charge is 2.54. The quantitative estimate of drug-likeness (QED) is 0.841. The molecular weight excluding hydrogens is 310 g/mol. The highest BCUT2D eigenvalue weighted by molar-refractivity contribution is 5.64. The van der Waals surface area contributed by atoms with E-state index >= 15 is 0 Å². The highest BCUT2D eigenvalue weighted by atomic mass is 15.6. The molecule has 1 spiro atoms. The van der Waals surface area contributed by atoms with Gasteiger partial charge in [0.15, 0.2) is 0 Å². The van der Waals surface area contributed by atoms with E-state index in [9.17, 15) is 0 Å². The first kappa shape index (κ1) is 14.9. The molecule has 25 heavy (non-hydrogen) atoms. The van der Waals surface area contributed by atoms with Gasteiger partial charge in [-0.05, 0) is 70.8 Å². The summed E-state index contributed by atoms with van der Waals surface area (Å²) in [6.45, 7) is 2.36. The van der Waals surface area contributed by atoms with Gasteiger partial charge in [0.1, 0.15) is 0 Å². The van der Waals surface area contributed by atoms with Crippen molar-refractivity contribution >= 4 is 0 Å². The van der Waals surface area contributed by atoms with E-state index in [-0.39, 0.29) is 6.17 Å². The summed E-state index contributed by atoms with van der Waals surface area (Å²) in [4.78, 5) is 0. The van der Waals surface area contributed by atoms with Crippen molar-refractivity contribution in [1.82, 2.24) is 5.32 Å². The molecule has 2 aromatic carbocycles. The maximum absolute atomic E-state index is 3.97. The van der Waals surface area contributed by atoms with Crippen LogP contribution in [0, 0.1) is 5.41 Å². The van der Waals surface area contributed by atoms with Gasteiger partial charge in [-0.1, -0.05) is 48.5 Å². The molecule has 0 amide bonds. The van der Waals surface area contributed by atoms with Crippen LogP contribution >= 0.6 is 0 Å². The molecule has 1 saturated heterocycles. The average molecular weight is 331 g/mol. The van der Waals surface area contributed by atoms with E-state index in [4.69, 9.17) is 0 Å². The third kappa shape index (κ3) is 2.68. The standard InChI is InChI=1S/C20H21N5/c1-5-16(18-13-20(18)9-11-21-12-10-20)6-2-14(1)15-3-7-17(8-4-15)19-22-24-25-23-19/h1-8,18-19,21H,9-13H2. The van der Waals surface area contributed by atoms with Crippen LogP contribution in [0.2, 0.25) is 0 Å². The van der Waals surface area contributed by atoms with Crippen LogP contribution in [-0.2, 0) is 0 Å². The summed E-state index contributed by atoms with van der Waals surface area (Å²) in [6.07, 6.45) is 3.76. The molecular formula is C20H21N5. The lowest BCUT2D eigenvalue weighted by Crippen LogP contribution is -2.29. The van der Waals surface area contributed by atoms with Crippen LogP contribution in [0.25, 0.3) is 11.1 Å². The number of rotatable bonds is 3. The van der Waals surface area contributed by atoms with Gasteiger partial charge >= 0.3 is 0 Å². The normalized spacial score (nSPS) is 24.1. The van der Waals surface area contributed by atoms with Crippen molar-refractivity contribution in [3.05, 3.63) is 59.7 Å². The Labute approximate surface area is 147 Å². The third-order valence-corrected chi connectivity index (χ3v) is 6.01. The Morgan fingerprint density at radius 3 is 1.92 bits per heavy atom. The van der Waals surface area contributed by atoms with Crippen LogP contribution in [0.1, 0.15) is 42.5 Å². The number of nitrogens with zero attached hydrogens (tertiary/aromatic N) is 4. The van der Waals surface area contributed by atoms with Crippen LogP contribution in [-0.4, -0.2) is 13.1 Å². The van der Waals surface area contributed by atoms with Gasteiger partial charge in [0, 0.05) is 5.56 Å². The Balaban J connectivity index is 1.32. The summed E-state index contributed by atoms with van der Waals surface area (Å²) in [7, 11) is 0. The molecule has 2 fully saturated rings. The first-order valence-electron chi connectivity index (χ1n) is 9.05. The van der Waals surface area contributed by atoms with Crippen molar-refractivity contribution < 1.29 is 0 Å². The zero-order valence-corrected chi connectivity index (χ0v) is 14.1. The second kappa shape index (κ2) is 5.85. The minimum Gasteiger partial charge on any atom is -0.317 e. The molecule has 1 atom stereocenters. The fourth-order valence-corrected chi connectivity index (χ4v) is 4.35. The van der Waals surface area contributed by atoms with E-state index in [1.165, 1.54) is 49.0 Å². The van der Waals surface area contributed by atoms with Crippen molar-refractivity contribution in [3.63, 3.8) is 0 Å². The topological polar surface area (TPSA) is 61.5 Å². The summed E-state index contributed by atoms with van der Waals surface area (Å²) >= 11 is 0. The summed E-state index contributed by atoms with van der Waals surface area (Å²) in [5.41, 5.74) is 5.60. The van der Waals surface area contributed by atoms with Gasteiger partial charge in [0.25, 0.3) is 0 Å². The zero-order valence-electron chi connectivity index (χ0n) is 14.1. The van der Waals surface area contributed by atoms with E-state index in [0.29, 0.717) is 5.41 Å². The molecule has 0 radical (unpaired) electrons. The molecule has 5 rings (SSSR count). The van der Waals surface area contributed by atoms with E-state index in [1.54, 1.807) is 0 Å². The van der Waals surface area contributed by atoms with Crippen LogP contribution in [0.5, 0.6) is 0 Å². The van der Waals surface area contributed by atoms with Gasteiger partial charge in [-0.15, -0.1) is 10.2 Å². The molecule has 0 aromatic heterocycles. The number of hydrogen-bond acceptors (Lipinski definition) is 5. The van der Waals surface area contributed by atoms with Gasteiger partial charge in [0.05, 0.1) is 0 Å². The Hall–Kier alpha value is -2.40. The third-order valence-electron chi connectivity index (χ3n) is 6.01. The van der Waals surface area contributed by atoms with Crippen LogP contribution < -0.4 is 5.32 Å². The second-order valence-corrected chi connectivity index (χ2v) is 7.40. The molecule has 0 bridgehead atoms. The van der Waals surface area contributed by atoms with Crippen molar-refractivity contribution in [2.24, 2.45) is 26.1 Å². The van der Waals surface area contributed by atoms with Crippen LogP contribution in [0.4, 0.5) is 0 Å². The molecule has 1 aliphatic carbocycles. The molecule has 1 saturated carbocycles. The molecule has 126 valence electrons. The number of benzene rings is 2. The predicted octanol–water partition coefficient (Wildman–Crippen LogP) is 5.04. The van der Waals surface area contributed by atoms with Crippen molar-refractivity contribution in [2.45, 2.75) is 31.3 Å². The van der Waals surface area contributed by atoms with Gasteiger partial charge in [-0.2, -0.15) is 0 Å². The van der Waals surface area contributed by atoms with Crippen molar-refractivity contribution in [3.8, 4) is 11.1 Å². The maximum Gasteiger partial charge on any atom is 0.210 e. The monoisotopic (exact) mass is 331 g/mol. The largest absolute Gasteiger partial charge is 0.317 e. The molecule has 1 N–H and O–H groups in total. The lowest BCUT2D eigenvalue weighted by atomic mass is 9.89. The minimum absolute atomic E-state index is 0.271. The first-order chi connectivity index (χ1) is 12.3.